The Bertz CT molecular complexity index is 1110. The van der Waals surface area contributed by atoms with Gasteiger partial charge in [-0.1, -0.05) is 35.9 Å². The minimum Gasteiger partial charge on any atom is -0.268 e. The SMILES string of the molecule is Cn1ncc2ccc(-c3c(-c4cccc(Cl)c4)nn4c3CCC4)cc21. The molecule has 4 aromatic rings. The van der Waals surface area contributed by atoms with E-state index >= 15 is 0 Å². The maximum Gasteiger partial charge on any atom is 0.100 e. The monoisotopic (exact) mass is 348 g/mol. The standard InChI is InChI=1S/C20H17ClN4/c1-24-18-11-13(7-8-15(18)12-22-24)19-17-6-3-9-25(17)23-20(19)14-4-2-5-16(21)10-14/h2,4-5,7-8,10-12H,3,6,9H2,1H3. The Balaban J connectivity index is 1.78. The Morgan fingerprint density at radius 1 is 1.08 bits per heavy atom. The van der Waals surface area contributed by atoms with Crippen molar-refractivity contribution in [1.29, 1.82) is 0 Å². The van der Waals surface area contributed by atoms with Gasteiger partial charge in [-0.2, -0.15) is 10.2 Å². The number of aromatic nitrogens is 4. The fourth-order valence-electron chi connectivity index (χ4n) is 3.77. The lowest BCUT2D eigenvalue weighted by Crippen LogP contribution is -1.94. The lowest BCUT2D eigenvalue weighted by atomic mass is 9.97. The molecule has 0 N–H and O–H groups in total. The summed E-state index contributed by atoms with van der Waals surface area (Å²) >= 11 is 6.23. The molecular formula is C20H17ClN4. The second-order valence-electron chi connectivity index (χ2n) is 6.55. The molecule has 1 aliphatic rings. The van der Waals surface area contributed by atoms with Crippen LogP contribution in [0.1, 0.15) is 12.1 Å². The molecule has 0 fully saturated rings. The Labute approximate surface area is 150 Å². The molecule has 3 heterocycles. The highest BCUT2D eigenvalue weighted by atomic mass is 35.5. The van der Waals surface area contributed by atoms with Crippen LogP contribution in [0.3, 0.4) is 0 Å². The summed E-state index contributed by atoms with van der Waals surface area (Å²) in [5, 5.41) is 11.2. The average molecular weight is 349 g/mol. The third-order valence-electron chi connectivity index (χ3n) is 4.98. The van der Waals surface area contributed by atoms with Crippen LogP contribution in [0.4, 0.5) is 0 Å². The van der Waals surface area contributed by atoms with Crippen LogP contribution in [-0.4, -0.2) is 19.6 Å². The van der Waals surface area contributed by atoms with Crippen molar-refractivity contribution in [2.75, 3.05) is 0 Å². The molecule has 124 valence electrons. The summed E-state index contributed by atoms with van der Waals surface area (Å²) in [5.74, 6) is 0. The maximum absolute atomic E-state index is 6.23. The molecule has 0 bridgehead atoms. The molecule has 0 radical (unpaired) electrons. The van der Waals surface area contributed by atoms with E-state index in [0.29, 0.717) is 0 Å². The van der Waals surface area contributed by atoms with Crippen molar-refractivity contribution in [2.45, 2.75) is 19.4 Å². The minimum atomic E-state index is 0.735. The highest BCUT2D eigenvalue weighted by molar-refractivity contribution is 6.30. The summed E-state index contributed by atoms with van der Waals surface area (Å²) in [6, 6.07) is 14.5. The average Bonchev–Trinajstić information content (AvgIpc) is 3.29. The van der Waals surface area contributed by atoms with Gasteiger partial charge in [0.1, 0.15) is 5.69 Å². The molecule has 25 heavy (non-hydrogen) atoms. The molecule has 5 rings (SSSR count). The normalized spacial score (nSPS) is 13.5. The molecule has 0 saturated carbocycles. The van der Waals surface area contributed by atoms with Crippen molar-refractivity contribution in [3.63, 3.8) is 0 Å². The quantitative estimate of drug-likeness (QED) is 0.526. The van der Waals surface area contributed by atoms with E-state index < -0.39 is 0 Å². The van der Waals surface area contributed by atoms with Crippen molar-refractivity contribution in [2.24, 2.45) is 7.05 Å². The largest absolute Gasteiger partial charge is 0.268 e. The van der Waals surface area contributed by atoms with Crippen molar-refractivity contribution in [1.82, 2.24) is 19.6 Å². The molecule has 0 unspecified atom stereocenters. The predicted molar refractivity (Wildman–Crippen MR) is 101 cm³/mol. The first-order chi connectivity index (χ1) is 12.2. The molecule has 2 aromatic carbocycles. The number of rotatable bonds is 2. The van der Waals surface area contributed by atoms with E-state index in [1.54, 1.807) is 0 Å². The molecule has 4 nitrogen and oxygen atoms in total. The van der Waals surface area contributed by atoms with E-state index in [0.717, 1.165) is 46.6 Å². The second-order valence-corrected chi connectivity index (χ2v) is 6.99. The van der Waals surface area contributed by atoms with Crippen LogP contribution in [0.25, 0.3) is 33.3 Å². The summed E-state index contributed by atoms with van der Waals surface area (Å²) in [6.45, 7) is 0.983. The molecule has 0 spiro atoms. The summed E-state index contributed by atoms with van der Waals surface area (Å²) in [7, 11) is 1.98. The zero-order valence-corrected chi connectivity index (χ0v) is 14.7. The van der Waals surface area contributed by atoms with Gasteiger partial charge in [0.05, 0.1) is 11.7 Å². The van der Waals surface area contributed by atoms with Gasteiger partial charge in [0.25, 0.3) is 0 Å². The van der Waals surface area contributed by atoms with Crippen LogP contribution < -0.4 is 0 Å². The maximum atomic E-state index is 6.23. The van der Waals surface area contributed by atoms with Crippen LogP contribution in [0.5, 0.6) is 0 Å². The smallest absolute Gasteiger partial charge is 0.100 e. The van der Waals surface area contributed by atoms with E-state index in [-0.39, 0.29) is 0 Å². The Morgan fingerprint density at radius 3 is 2.88 bits per heavy atom. The third kappa shape index (κ3) is 2.29. The van der Waals surface area contributed by atoms with Gasteiger partial charge in [0.2, 0.25) is 0 Å². The molecule has 2 aromatic heterocycles. The summed E-state index contributed by atoms with van der Waals surface area (Å²) in [5.41, 5.74) is 6.94. The van der Waals surface area contributed by atoms with Gasteiger partial charge in [-0.15, -0.1) is 0 Å². The van der Waals surface area contributed by atoms with Gasteiger partial charge in [0, 0.05) is 40.8 Å². The first kappa shape index (κ1) is 14.7. The molecule has 0 aliphatic carbocycles. The van der Waals surface area contributed by atoms with Gasteiger partial charge in [0.15, 0.2) is 0 Å². The minimum absolute atomic E-state index is 0.735. The van der Waals surface area contributed by atoms with Gasteiger partial charge in [-0.3, -0.25) is 9.36 Å². The highest BCUT2D eigenvalue weighted by Gasteiger charge is 2.24. The lowest BCUT2D eigenvalue weighted by Gasteiger charge is -2.07. The number of aryl methyl sites for hydroxylation is 2. The predicted octanol–water partition coefficient (Wildman–Crippen LogP) is 4.70. The van der Waals surface area contributed by atoms with Gasteiger partial charge < -0.3 is 0 Å². The van der Waals surface area contributed by atoms with Crippen LogP contribution in [0, 0.1) is 0 Å². The molecule has 1 aliphatic heterocycles. The number of hydrogen-bond donors (Lipinski definition) is 0. The first-order valence-electron chi connectivity index (χ1n) is 8.48. The van der Waals surface area contributed by atoms with E-state index in [4.69, 9.17) is 16.7 Å². The number of nitrogens with zero attached hydrogens (tertiary/aromatic N) is 4. The van der Waals surface area contributed by atoms with Crippen molar-refractivity contribution in [3.05, 3.63) is 59.4 Å². The topological polar surface area (TPSA) is 35.6 Å². The number of hydrogen-bond acceptors (Lipinski definition) is 2. The Hall–Kier alpha value is -2.59. The lowest BCUT2D eigenvalue weighted by molar-refractivity contribution is 0.659. The fourth-order valence-corrected chi connectivity index (χ4v) is 3.96. The summed E-state index contributed by atoms with van der Waals surface area (Å²) in [4.78, 5) is 0. The van der Waals surface area contributed by atoms with Gasteiger partial charge in [-0.25, -0.2) is 0 Å². The van der Waals surface area contributed by atoms with Crippen LogP contribution in [0.2, 0.25) is 5.02 Å². The van der Waals surface area contributed by atoms with E-state index in [1.165, 1.54) is 16.8 Å². The molecule has 5 heteroatoms. The molecule has 0 saturated heterocycles. The second kappa shape index (κ2) is 5.46. The van der Waals surface area contributed by atoms with Crippen LogP contribution in [-0.2, 0) is 20.0 Å². The van der Waals surface area contributed by atoms with E-state index in [2.05, 4.69) is 34.0 Å². The number of halogens is 1. The number of benzene rings is 2. The molecule has 0 amide bonds. The number of fused-ring (bicyclic) bond motifs is 2. The Morgan fingerprint density at radius 2 is 2.00 bits per heavy atom. The van der Waals surface area contributed by atoms with Crippen molar-refractivity contribution >= 4 is 22.5 Å². The van der Waals surface area contributed by atoms with Crippen LogP contribution in [0.15, 0.2) is 48.7 Å². The fraction of sp³-hybridized carbons (Fsp3) is 0.200. The highest BCUT2D eigenvalue weighted by Crippen LogP contribution is 2.38. The first-order valence-corrected chi connectivity index (χ1v) is 8.86. The Kier molecular flexibility index (Phi) is 3.22. The van der Waals surface area contributed by atoms with Gasteiger partial charge >= 0.3 is 0 Å². The zero-order valence-electron chi connectivity index (χ0n) is 13.9. The van der Waals surface area contributed by atoms with E-state index in [1.807, 2.05) is 36.1 Å². The van der Waals surface area contributed by atoms with Gasteiger partial charge in [-0.05, 0) is 36.6 Å². The molecule has 0 atom stereocenters. The van der Waals surface area contributed by atoms with Crippen molar-refractivity contribution in [3.8, 4) is 22.4 Å². The van der Waals surface area contributed by atoms with Crippen molar-refractivity contribution < 1.29 is 0 Å². The van der Waals surface area contributed by atoms with Crippen LogP contribution >= 0.6 is 11.6 Å². The molecular weight excluding hydrogens is 332 g/mol. The summed E-state index contributed by atoms with van der Waals surface area (Å²) < 4.78 is 4.07. The summed E-state index contributed by atoms with van der Waals surface area (Å²) in [6.07, 6.45) is 4.12. The third-order valence-corrected chi connectivity index (χ3v) is 5.21. The van der Waals surface area contributed by atoms with E-state index in [9.17, 15) is 0 Å². The zero-order chi connectivity index (χ0) is 17.0.